The fourth-order valence-electron chi connectivity index (χ4n) is 4.47. The van der Waals surface area contributed by atoms with Crippen molar-refractivity contribution in [1.29, 1.82) is 0 Å². The average Bonchev–Trinajstić information content (AvgIpc) is 2.58. The molecule has 0 radical (unpaired) electrons. The lowest BCUT2D eigenvalue weighted by molar-refractivity contribution is 0.0503. The molecule has 0 spiro atoms. The molecule has 2 heterocycles. The van der Waals surface area contributed by atoms with Crippen molar-refractivity contribution in [3.8, 4) is 11.5 Å². The molecule has 0 amide bonds. The van der Waals surface area contributed by atoms with Crippen molar-refractivity contribution >= 4 is 0 Å². The first-order valence-electron chi connectivity index (χ1n) is 8.70. The highest BCUT2D eigenvalue weighted by molar-refractivity contribution is 5.49. The Morgan fingerprint density at radius 2 is 1.73 bits per heavy atom. The number of rotatable bonds is 4. The first-order valence-corrected chi connectivity index (χ1v) is 8.70. The Balaban J connectivity index is 1.95. The number of hydrogen-bond acceptors (Lipinski definition) is 3. The molecule has 0 aliphatic carbocycles. The summed E-state index contributed by atoms with van der Waals surface area (Å²) < 4.78 is 11.0. The Morgan fingerprint density at radius 3 is 2.36 bits per heavy atom. The molecule has 3 heteroatoms. The van der Waals surface area contributed by atoms with Crippen molar-refractivity contribution in [2.75, 3.05) is 27.3 Å². The topological polar surface area (TPSA) is 21.7 Å². The number of nitrogens with zero attached hydrogens (tertiary/aromatic N) is 1. The summed E-state index contributed by atoms with van der Waals surface area (Å²) in [7, 11) is 3.45. The SMILES string of the molecule is CC[C@H]1C[C@H]2c3cc(OC)c(OC)cc3CCN2C[C@@H]1CC. The third kappa shape index (κ3) is 2.60. The van der Waals surface area contributed by atoms with Crippen molar-refractivity contribution < 1.29 is 9.47 Å². The van der Waals surface area contributed by atoms with Gasteiger partial charge in [0, 0.05) is 19.1 Å². The normalized spacial score (nSPS) is 27.9. The zero-order valence-electron chi connectivity index (χ0n) is 14.4. The number of fused-ring (bicyclic) bond motifs is 3. The van der Waals surface area contributed by atoms with E-state index in [-0.39, 0.29) is 0 Å². The largest absolute Gasteiger partial charge is 0.493 e. The van der Waals surface area contributed by atoms with Crippen LogP contribution in [0.4, 0.5) is 0 Å². The second-order valence-electron chi connectivity index (χ2n) is 6.74. The zero-order chi connectivity index (χ0) is 15.7. The van der Waals surface area contributed by atoms with Crippen LogP contribution in [0, 0.1) is 11.8 Å². The van der Waals surface area contributed by atoms with Gasteiger partial charge in [0.1, 0.15) is 0 Å². The lowest BCUT2D eigenvalue weighted by Crippen LogP contribution is -2.45. The zero-order valence-corrected chi connectivity index (χ0v) is 14.4. The van der Waals surface area contributed by atoms with Gasteiger partial charge in [0.25, 0.3) is 0 Å². The molecule has 2 aliphatic heterocycles. The second kappa shape index (κ2) is 6.49. The van der Waals surface area contributed by atoms with Gasteiger partial charge >= 0.3 is 0 Å². The third-order valence-electron chi connectivity index (χ3n) is 5.82. The summed E-state index contributed by atoms with van der Waals surface area (Å²) in [5.74, 6) is 3.45. The molecule has 0 N–H and O–H groups in total. The van der Waals surface area contributed by atoms with E-state index in [1.807, 2.05) is 0 Å². The Bertz CT molecular complexity index is 528. The summed E-state index contributed by atoms with van der Waals surface area (Å²) in [5, 5.41) is 0. The Morgan fingerprint density at radius 1 is 1.05 bits per heavy atom. The summed E-state index contributed by atoms with van der Waals surface area (Å²) in [6, 6.07) is 4.99. The maximum Gasteiger partial charge on any atom is 0.161 e. The maximum absolute atomic E-state index is 5.53. The predicted octanol–water partition coefficient (Wildman–Crippen LogP) is 4.06. The Kier molecular flexibility index (Phi) is 4.62. The smallest absolute Gasteiger partial charge is 0.161 e. The van der Waals surface area contributed by atoms with Crippen molar-refractivity contribution in [3.63, 3.8) is 0 Å². The van der Waals surface area contributed by atoms with Gasteiger partial charge in [0.05, 0.1) is 14.2 Å². The first kappa shape index (κ1) is 15.7. The average molecular weight is 303 g/mol. The van der Waals surface area contributed by atoms with Gasteiger partial charge in [-0.3, -0.25) is 4.90 Å². The van der Waals surface area contributed by atoms with E-state index in [9.17, 15) is 0 Å². The molecule has 122 valence electrons. The molecule has 22 heavy (non-hydrogen) atoms. The minimum absolute atomic E-state index is 0.566. The molecular weight excluding hydrogens is 274 g/mol. The van der Waals surface area contributed by atoms with Crippen LogP contribution in [0.5, 0.6) is 11.5 Å². The molecule has 0 aromatic heterocycles. The van der Waals surface area contributed by atoms with Crippen LogP contribution < -0.4 is 9.47 Å². The molecule has 3 nitrogen and oxygen atoms in total. The van der Waals surface area contributed by atoms with Crippen LogP contribution in [0.25, 0.3) is 0 Å². The molecule has 0 saturated carbocycles. The van der Waals surface area contributed by atoms with E-state index in [4.69, 9.17) is 9.47 Å². The minimum atomic E-state index is 0.566. The Hall–Kier alpha value is -1.22. The van der Waals surface area contributed by atoms with Gasteiger partial charge in [-0.15, -0.1) is 0 Å². The molecule has 3 rings (SSSR count). The van der Waals surface area contributed by atoms with Crippen LogP contribution >= 0.6 is 0 Å². The van der Waals surface area contributed by atoms with Gasteiger partial charge in [-0.05, 0) is 47.9 Å². The van der Waals surface area contributed by atoms with Gasteiger partial charge in [-0.25, -0.2) is 0 Å². The van der Waals surface area contributed by atoms with E-state index in [0.717, 1.165) is 29.8 Å². The molecular formula is C19H29NO2. The van der Waals surface area contributed by atoms with Gasteiger partial charge in [-0.1, -0.05) is 26.7 Å². The van der Waals surface area contributed by atoms with E-state index in [1.165, 1.54) is 43.5 Å². The monoisotopic (exact) mass is 303 g/mol. The summed E-state index contributed by atoms with van der Waals surface area (Å²) in [5.41, 5.74) is 2.92. The van der Waals surface area contributed by atoms with Crippen LogP contribution in [0.3, 0.4) is 0 Å². The lowest BCUT2D eigenvalue weighted by Gasteiger charge is -2.47. The first-order chi connectivity index (χ1) is 10.7. The highest BCUT2D eigenvalue weighted by Crippen LogP contribution is 2.45. The number of piperidine rings is 1. The quantitative estimate of drug-likeness (QED) is 0.837. The van der Waals surface area contributed by atoms with Gasteiger partial charge in [0.2, 0.25) is 0 Å². The van der Waals surface area contributed by atoms with Crippen molar-refractivity contribution in [2.45, 2.75) is 45.6 Å². The van der Waals surface area contributed by atoms with E-state index >= 15 is 0 Å². The van der Waals surface area contributed by atoms with E-state index < -0.39 is 0 Å². The van der Waals surface area contributed by atoms with Crippen LogP contribution in [-0.4, -0.2) is 32.2 Å². The summed E-state index contributed by atoms with van der Waals surface area (Å²) in [6.07, 6.45) is 5.02. The van der Waals surface area contributed by atoms with Crippen molar-refractivity contribution in [1.82, 2.24) is 4.90 Å². The van der Waals surface area contributed by atoms with Crippen molar-refractivity contribution in [3.05, 3.63) is 23.3 Å². The number of benzene rings is 1. The lowest BCUT2D eigenvalue weighted by atomic mass is 9.75. The molecule has 1 fully saturated rings. The fraction of sp³-hybridized carbons (Fsp3) is 0.684. The maximum atomic E-state index is 5.53. The molecule has 0 unspecified atom stereocenters. The van der Waals surface area contributed by atoms with E-state index in [1.54, 1.807) is 14.2 Å². The van der Waals surface area contributed by atoms with Crippen LogP contribution in [0.1, 0.15) is 50.3 Å². The minimum Gasteiger partial charge on any atom is -0.493 e. The molecule has 1 aromatic rings. The van der Waals surface area contributed by atoms with Crippen molar-refractivity contribution in [2.24, 2.45) is 11.8 Å². The van der Waals surface area contributed by atoms with E-state index in [0.29, 0.717) is 6.04 Å². The molecule has 0 bridgehead atoms. The number of methoxy groups -OCH3 is 2. The summed E-state index contributed by atoms with van der Waals surface area (Å²) in [6.45, 7) is 7.13. The molecule has 3 atom stereocenters. The van der Waals surface area contributed by atoms with Gasteiger partial charge < -0.3 is 9.47 Å². The summed E-state index contributed by atoms with van der Waals surface area (Å²) >= 11 is 0. The molecule has 2 aliphatic rings. The summed E-state index contributed by atoms with van der Waals surface area (Å²) in [4.78, 5) is 2.70. The standard InChI is InChI=1S/C19H29NO2/c1-5-13-9-17-16-11-19(22-4)18(21-3)10-15(16)7-8-20(17)12-14(13)6-2/h10-11,13-14,17H,5-9,12H2,1-4H3/t13-,14-,17-/m0/s1. The van der Waals surface area contributed by atoms with Gasteiger partial charge in [-0.2, -0.15) is 0 Å². The third-order valence-corrected chi connectivity index (χ3v) is 5.82. The highest BCUT2D eigenvalue weighted by Gasteiger charge is 2.37. The highest BCUT2D eigenvalue weighted by atomic mass is 16.5. The number of ether oxygens (including phenoxy) is 2. The van der Waals surface area contributed by atoms with Crippen LogP contribution in [0.2, 0.25) is 0 Å². The Labute approximate surface area is 134 Å². The van der Waals surface area contributed by atoms with Crippen LogP contribution in [0.15, 0.2) is 12.1 Å². The fourth-order valence-corrected chi connectivity index (χ4v) is 4.47. The van der Waals surface area contributed by atoms with E-state index in [2.05, 4.69) is 30.9 Å². The van der Waals surface area contributed by atoms with Gasteiger partial charge in [0.15, 0.2) is 11.5 Å². The molecule has 1 saturated heterocycles. The molecule has 1 aromatic carbocycles. The number of hydrogen-bond donors (Lipinski definition) is 0. The second-order valence-corrected chi connectivity index (χ2v) is 6.74. The van der Waals surface area contributed by atoms with Crippen LogP contribution in [-0.2, 0) is 6.42 Å². The predicted molar refractivity (Wildman–Crippen MR) is 89.7 cm³/mol.